The summed E-state index contributed by atoms with van der Waals surface area (Å²) < 4.78 is 9.84. The minimum absolute atomic E-state index is 0.00598. The summed E-state index contributed by atoms with van der Waals surface area (Å²) in [4.78, 5) is 26.6. The van der Waals surface area contributed by atoms with Crippen molar-refractivity contribution in [3.8, 4) is 5.75 Å². The lowest BCUT2D eigenvalue weighted by atomic mass is 10.1. The van der Waals surface area contributed by atoms with Gasteiger partial charge in [0.25, 0.3) is 0 Å². The van der Waals surface area contributed by atoms with Gasteiger partial charge in [0.1, 0.15) is 12.0 Å². The van der Waals surface area contributed by atoms with Crippen molar-refractivity contribution in [1.29, 1.82) is 0 Å². The topological polar surface area (TPSA) is 84.7 Å². The van der Waals surface area contributed by atoms with E-state index in [2.05, 4.69) is 17.4 Å². The zero-order chi connectivity index (χ0) is 19.5. The number of nitrogens with one attached hydrogen (secondary N) is 1. The van der Waals surface area contributed by atoms with Crippen LogP contribution in [0.1, 0.15) is 38.2 Å². The highest BCUT2D eigenvalue weighted by Gasteiger charge is 2.18. The van der Waals surface area contributed by atoms with Gasteiger partial charge in [0.05, 0.1) is 20.1 Å². The Morgan fingerprint density at radius 1 is 1.15 bits per heavy atom. The van der Waals surface area contributed by atoms with E-state index in [0.29, 0.717) is 12.4 Å². The van der Waals surface area contributed by atoms with Crippen molar-refractivity contribution in [1.82, 2.24) is 10.1 Å². The summed E-state index contributed by atoms with van der Waals surface area (Å²) in [6, 6.07) is 8.93. The highest BCUT2D eigenvalue weighted by atomic mass is 16.5. The normalized spacial score (nSPS) is 10.4. The first-order valence-electron chi connectivity index (χ1n) is 9.23. The fraction of sp³-hybridized carbons (Fsp3) is 0.450. The number of carbonyl (C=O) groups is 2. The fourth-order valence-corrected chi connectivity index (χ4v) is 2.68. The van der Waals surface area contributed by atoms with Crippen molar-refractivity contribution in [2.45, 2.75) is 39.0 Å². The molecule has 0 saturated heterocycles. The van der Waals surface area contributed by atoms with E-state index in [1.54, 1.807) is 18.1 Å². The van der Waals surface area contributed by atoms with Crippen LogP contribution in [0.4, 0.5) is 5.82 Å². The van der Waals surface area contributed by atoms with Crippen molar-refractivity contribution in [2.75, 3.05) is 25.5 Å². The summed E-state index contributed by atoms with van der Waals surface area (Å²) in [5, 5.41) is 6.29. The smallest absolute Gasteiger partial charge is 0.245 e. The van der Waals surface area contributed by atoms with Crippen molar-refractivity contribution in [3.05, 3.63) is 42.2 Å². The molecule has 0 bridgehead atoms. The van der Waals surface area contributed by atoms with Crippen LogP contribution in [-0.4, -0.2) is 42.1 Å². The van der Waals surface area contributed by atoms with E-state index in [9.17, 15) is 9.59 Å². The van der Waals surface area contributed by atoms with Gasteiger partial charge in [0.15, 0.2) is 5.82 Å². The summed E-state index contributed by atoms with van der Waals surface area (Å²) in [6.07, 6.45) is 5.77. The molecule has 0 spiro atoms. The summed E-state index contributed by atoms with van der Waals surface area (Å²) >= 11 is 0. The predicted octanol–water partition coefficient (Wildman–Crippen LogP) is 3.27. The number of ether oxygens (including phenoxy) is 1. The Hall–Kier alpha value is -2.83. The third-order valence-electron chi connectivity index (χ3n) is 4.19. The Morgan fingerprint density at radius 2 is 1.93 bits per heavy atom. The maximum atomic E-state index is 12.7. The first-order chi connectivity index (χ1) is 13.1. The SMILES string of the molecule is CCCCCCN(CC(=O)Nc1ccon1)C(=O)Cc1ccc(OC)cc1. The molecule has 0 radical (unpaired) electrons. The van der Waals surface area contributed by atoms with E-state index in [1.165, 1.54) is 6.26 Å². The van der Waals surface area contributed by atoms with Crippen molar-refractivity contribution in [3.63, 3.8) is 0 Å². The van der Waals surface area contributed by atoms with Crippen molar-refractivity contribution in [2.24, 2.45) is 0 Å². The number of nitrogens with zero attached hydrogens (tertiary/aromatic N) is 2. The molecule has 0 atom stereocenters. The molecular weight excluding hydrogens is 346 g/mol. The molecular formula is C20H27N3O4. The van der Waals surface area contributed by atoms with E-state index in [-0.39, 0.29) is 24.8 Å². The molecule has 1 heterocycles. The number of rotatable bonds is 11. The van der Waals surface area contributed by atoms with E-state index in [0.717, 1.165) is 37.0 Å². The minimum Gasteiger partial charge on any atom is -0.497 e. The first kappa shape index (κ1) is 20.5. The number of hydrogen-bond donors (Lipinski definition) is 1. The Morgan fingerprint density at radius 3 is 2.56 bits per heavy atom. The van der Waals surface area contributed by atoms with E-state index < -0.39 is 0 Å². The highest BCUT2D eigenvalue weighted by molar-refractivity contribution is 5.94. The largest absolute Gasteiger partial charge is 0.497 e. The standard InChI is InChI=1S/C20H27N3O4/c1-3-4-5-6-12-23(15-19(24)21-18-11-13-27-22-18)20(25)14-16-7-9-17(26-2)10-8-16/h7-11,13H,3-6,12,14-15H2,1-2H3,(H,21,22,24). The van der Waals surface area contributed by atoms with Gasteiger partial charge in [-0.05, 0) is 24.1 Å². The molecule has 0 fully saturated rings. The zero-order valence-corrected chi connectivity index (χ0v) is 15.9. The molecule has 1 N–H and O–H groups in total. The van der Waals surface area contributed by atoms with E-state index >= 15 is 0 Å². The third-order valence-corrected chi connectivity index (χ3v) is 4.19. The maximum absolute atomic E-state index is 12.7. The highest BCUT2D eigenvalue weighted by Crippen LogP contribution is 2.13. The lowest BCUT2D eigenvalue weighted by molar-refractivity contribution is -0.134. The number of hydrogen-bond acceptors (Lipinski definition) is 5. The van der Waals surface area contributed by atoms with Gasteiger partial charge in [-0.25, -0.2) is 0 Å². The Balaban J connectivity index is 1.95. The lowest BCUT2D eigenvalue weighted by Gasteiger charge is -2.22. The van der Waals surface area contributed by atoms with Gasteiger partial charge in [-0.3, -0.25) is 9.59 Å². The summed E-state index contributed by atoms with van der Waals surface area (Å²) in [6.45, 7) is 2.69. The van der Waals surface area contributed by atoms with Crippen LogP contribution in [0.15, 0.2) is 41.1 Å². The minimum atomic E-state index is -0.289. The van der Waals surface area contributed by atoms with Crippen LogP contribution in [0.2, 0.25) is 0 Å². The number of methoxy groups -OCH3 is 1. The number of benzene rings is 1. The molecule has 2 aromatic rings. The predicted molar refractivity (Wildman–Crippen MR) is 103 cm³/mol. The fourth-order valence-electron chi connectivity index (χ4n) is 2.68. The van der Waals surface area contributed by atoms with Gasteiger partial charge in [0, 0.05) is 12.6 Å². The molecule has 0 saturated carbocycles. The average molecular weight is 373 g/mol. The summed E-state index contributed by atoms with van der Waals surface area (Å²) in [5.74, 6) is 0.720. The molecule has 1 aromatic carbocycles. The lowest BCUT2D eigenvalue weighted by Crippen LogP contribution is -2.39. The average Bonchev–Trinajstić information content (AvgIpc) is 3.17. The zero-order valence-electron chi connectivity index (χ0n) is 15.9. The number of amides is 2. The Kier molecular flexibility index (Phi) is 8.35. The van der Waals surface area contributed by atoms with Gasteiger partial charge < -0.3 is 19.5 Å². The van der Waals surface area contributed by atoms with E-state index in [4.69, 9.17) is 9.26 Å². The summed E-state index contributed by atoms with van der Waals surface area (Å²) in [5.41, 5.74) is 0.885. The van der Waals surface area contributed by atoms with Gasteiger partial charge in [0.2, 0.25) is 11.8 Å². The van der Waals surface area contributed by atoms with Gasteiger partial charge in [-0.2, -0.15) is 0 Å². The van der Waals surface area contributed by atoms with Crippen LogP contribution in [-0.2, 0) is 16.0 Å². The third kappa shape index (κ3) is 7.13. The molecule has 146 valence electrons. The van der Waals surface area contributed by atoms with Gasteiger partial charge in [-0.1, -0.05) is 43.5 Å². The number of unbranched alkanes of at least 4 members (excludes halogenated alkanes) is 3. The van der Waals surface area contributed by atoms with Crippen molar-refractivity contribution >= 4 is 17.6 Å². The van der Waals surface area contributed by atoms with Crippen molar-refractivity contribution < 1.29 is 18.8 Å². The van der Waals surface area contributed by atoms with Gasteiger partial charge >= 0.3 is 0 Å². The number of aromatic nitrogens is 1. The number of anilines is 1. The van der Waals surface area contributed by atoms with Crippen LogP contribution in [0, 0.1) is 0 Å². The van der Waals surface area contributed by atoms with Crippen LogP contribution in [0.5, 0.6) is 5.75 Å². The second-order valence-corrected chi connectivity index (χ2v) is 6.33. The molecule has 2 rings (SSSR count). The molecule has 2 amide bonds. The maximum Gasteiger partial charge on any atom is 0.245 e. The molecule has 0 unspecified atom stereocenters. The van der Waals surface area contributed by atoms with Crippen LogP contribution in [0.25, 0.3) is 0 Å². The second kappa shape index (κ2) is 11.0. The quantitative estimate of drug-likeness (QED) is 0.611. The van der Waals surface area contributed by atoms with Crippen LogP contribution >= 0.6 is 0 Å². The molecule has 0 aliphatic carbocycles. The molecule has 7 heteroatoms. The molecule has 1 aromatic heterocycles. The Bertz CT molecular complexity index is 699. The Labute approximate surface area is 159 Å². The first-order valence-corrected chi connectivity index (χ1v) is 9.23. The molecule has 0 aliphatic rings. The van der Waals surface area contributed by atoms with Crippen LogP contribution < -0.4 is 10.1 Å². The second-order valence-electron chi connectivity index (χ2n) is 6.33. The van der Waals surface area contributed by atoms with Crippen LogP contribution in [0.3, 0.4) is 0 Å². The summed E-state index contributed by atoms with van der Waals surface area (Å²) in [7, 11) is 1.60. The van der Waals surface area contributed by atoms with E-state index in [1.807, 2.05) is 24.3 Å². The molecule has 0 aliphatic heterocycles. The number of carbonyl (C=O) groups excluding carboxylic acids is 2. The molecule has 7 nitrogen and oxygen atoms in total. The monoisotopic (exact) mass is 373 g/mol. The molecule has 27 heavy (non-hydrogen) atoms. The van der Waals surface area contributed by atoms with Gasteiger partial charge in [-0.15, -0.1) is 0 Å².